The molecular weight excluding hydrogens is 371 g/mol. The van der Waals surface area contributed by atoms with E-state index in [1.165, 1.54) is 40.6 Å². The molecule has 0 fully saturated rings. The third kappa shape index (κ3) is 3.02. The minimum Gasteiger partial charge on any atom is -0.306 e. The van der Waals surface area contributed by atoms with E-state index in [9.17, 15) is 13.2 Å². The second-order valence-electron chi connectivity index (χ2n) is 6.57. The van der Waals surface area contributed by atoms with Crippen LogP contribution in [-0.2, 0) is 0 Å². The lowest BCUT2D eigenvalue weighted by Crippen LogP contribution is -2.53. The Hall–Kier alpha value is -2.64. The van der Waals surface area contributed by atoms with Gasteiger partial charge in [0.25, 0.3) is 0 Å². The molecule has 7 heteroatoms. The first kappa shape index (κ1) is 17.8. The lowest BCUT2D eigenvalue weighted by atomic mass is 9.86. The van der Waals surface area contributed by atoms with Crippen LogP contribution in [0.5, 0.6) is 0 Å². The Morgan fingerprint density at radius 3 is 2.37 bits per heavy atom. The number of hydrogen-bond acceptors (Lipinski definition) is 4. The van der Waals surface area contributed by atoms with E-state index in [1.54, 1.807) is 19.1 Å². The lowest BCUT2D eigenvalue weighted by Gasteiger charge is -2.35. The molecule has 0 saturated carbocycles. The van der Waals surface area contributed by atoms with E-state index in [-0.39, 0.29) is 17.4 Å². The molecule has 27 heavy (non-hydrogen) atoms. The molecule has 0 saturated heterocycles. The standard InChI is InChI=1S/C20H16F3N3S/c1-20(24)18(17-3-2-10-27-17)19(12-4-6-13(21)7-5-12)25-26(20)16-9-8-14(22)11-15(16)23/h2-11,18H,24H2,1H3. The molecule has 0 aliphatic carbocycles. The highest BCUT2D eigenvalue weighted by molar-refractivity contribution is 7.10. The molecule has 3 nitrogen and oxygen atoms in total. The van der Waals surface area contributed by atoms with Gasteiger partial charge in [0.1, 0.15) is 17.3 Å². The van der Waals surface area contributed by atoms with Crippen LogP contribution >= 0.6 is 11.3 Å². The van der Waals surface area contributed by atoms with Gasteiger partial charge in [-0.3, -0.25) is 0 Å². The van der Waals surface area contributed by atoms with E-state index < -0.39 is 17.3 Å². The fraction of sp³-hybridized carbons (Fsp3) is 0.150. The maximum Gasteiger partial charge on any atom is 0.151 e. The molecule has 4 rings (SSSR count). The van der Waals surface area contributed by atoms with E-state index in [2.05, 4.69) is 5.10 Å². The Labute approximate surface area is 158 Å². The number of hydrazone groups is 1. The second-order valence-corrected chi connectivity index (χ2v) is 7.55. The summed E-state index contributed by atoms with van der Waals surface area (Å²) in [5.74, 6) is -2.15. The molecule has 0 amide bonds. The number of nitrogens with two attached hydrogens (primary N) is 1. The van der Waals surface area contributed by atoms with Crippen LogP contribution in [0.3, 0.4) is 0 Å². The smallest absolute Gasteiger partial charge is 0.151 e. The molecule has 0 spiro atoms. The summed E-state index contributed by atoms with van der Waals surface area (Å²) in [5, 5.41) is 7.89. The van der Waals surface area contributed by atoms with Crippen LogP contribution in [0.25, 0.3) is 0 Å². The summed E-state index contributed by atoms with van der Waals surface area (Å²) in [6.07, 6.45) is 0. The van der Waals surface area contributed by atoms with Gasteiger partial charge in [-0.2, -0.15) is 5.10 Å². The van der Waals surface area contributed by atoms with Gasteiger partial charge >= 0.3 is 0 Å². The summed E-state index contributed by atoms with van der Waals surface area (Å²) in [4.78, 5) is 0.952. The Morgan fingerprint density at radius 2 is 1.74 bits per heavy atom. The van der Waals surface area contributed by atoms with Gasteiger partial charge in [0.15, 0.2) is 5.82 Å². The van der Waals surface area contributed by atoms with Gasteiger partial charge in [-0.25, -0.2) is 18.2 Å². The third-order valence-electron chi connectivity index (χ3n) is 4.63. The fourth-order valence-electron chi connectivity index (χ4n) is 3.36. The van der Waals surface area contributed by atoms with E-state index in [0.717, 1.165) is 10.9 Å². The number of anilines is 1. The second kappa shape index (κ2) is 6.51. The number of rotatable bonds is 3. The minimum atomic E-state index is -1.10. The summed E-state index contributed by atoms with van der Waals surface area (Å²) in [5.41, 5.74) is 6.91. The number of halogens is 3. The molecule has 2 atom stereocenters. The van der Waals surface area contributed by atoms with Crippen molar-refractivity contribution in [3.05, 3.63) is 87.9 Å². The minimum absolute atomic E-state index is 0.0834. The SMILES string of the molecule is CC1(N)C(c2cccs2)C(c2ccc(F)cc2)=NN1c1ccc(F)cc1F. The molecule has 1 aliphatic heterocycles. The van der Waals surface area contributed by atoms with E-state index in [0.29, 0.717) is 11.3 Å². The molecule has 2 aromatic carbocycles. The Morgan fingerprint density at radius 1 is 1.04 bits per heavy atom. The van der Waals surface area contributed by atoms with Gasteiger partial charge in [-0.1, -0.05) is 18.2 Å². The number of benzene rings is 2. The number of nitrogens with zero attached hydrogens (tertiary/aromatic N) is 2. The summed E-state index contributed by atoms with van der Waals surface area (Å²) in [6, 6.07) is 13.1. The summed E-state index contributed by atoms with van der Waals surface area (Å²) >= 11 is 1.51. The normalized spacial score (nSPS) is 22.2. The van der Waals surface area contributed by atoms with Gasteiger partial charge in [-0.15, -0.1) is 11.3 Å². The lowest BCUT2D eigenvalue weighted by molar-refractivity contribution is 0.440. The van der Waals surface area contributed by atoms with E-state index in [4.69, 9.17) is 5.73 Å². The van der Waals surface area contributed by atoms with Gasteiger partial charge in [-0.05, 0) is 48.2 Å². The maximum atomic E-state index is 14.4. The van der Waals surface area contributed by atoms with Crippen LogP contribution in [0.4, 0.5) is 18.9 Å². The van der Waals surface area contributed by atoms with Crippen molar-refractivity contribution in [2.45, 2.75) is 18.5 Å². The van der Waals surface area contributed by atoms with Crippen LogP contribution in [0.15, 0.2) is 65.1 Å². The highest BCUT2D eigenvalue weighted by Crippen LogP contribution is 2.43. The van der Waals surface area contributed by atoms with Crippen molar-refractivity contribution in [3.63, 3.8) is 0 Å². The van der Waals surface area contributed by atoms with Crippen LogP contribution in [-0.4, -0.2) is 11.4 Å². The Kier molecular flexibility index (Phi) is 4.28. The molecule has 1 aromatic heterocycles. The average molecular weight is 387 g/mol. The largest absolute Gasteiger partial charge is 0.306 e. The van der Waals surface area contributed by atoms with E-state index in [1.807, 2.05) is 17.5 Å². The van der Waals surface area contributed by atoms with Gasteiger partial charge in [0.2, 0.25) is 0 Å². The monoisotopic (exact) mass is 387 g/mol. The highest BCUT2D eigenvalue weighted by Gasteiger charge is 2.48. The first-order chi connectivity index (χ1) is 12.9. The van der Waals surface area contributed by atoms with Crippen molar-refractivity contribution in [3.8, 4) is 0 Å². The average Bonchev–Trinajstić information content (AvgIpc) is 3.21. The van der Waals surface area contributed by atoms with Crippen LogP contribution in [0.1, 0.15) is 23.3 Å². The zero-order valence-corrected chi connectivity index (χ0v) is 15.2. The number of hydrogen-bond donors (Lipinski definition) is 1. The van der Waals surface area contributed by atoms with Crippen molar-refractivity contribution in [2.75, 3.05) is 5.01 Å². The molecule has 138 valence electrons. The first-order valence-corrected chi connectivity index (χ1v) is 9.18. The molecule has 3 aromatic rings. The number of thiophene rings is 1. The maximum absolute atomic E-state index is 14.4. The molecule has 1 aliphatic rings. The Balaban J connectivity index is 1.88. The zero-order valence-electron chi connectivity index (χ0n) is 14.4. The molecule has 2 unspecified atom stereocenters. The van der Waals surface area contributed by atoms with Crippen LogP contribution in [0.2, 0.25) is 0 Å². The quantitative estimate of drug-likeness (QED) is 0.698. The van der Waals surface area contributed by atoms with Crippen molar-refractivity contribution in [1.82, 2.24) is 0 Å². The predicted octanol–water partition coefficient (Wildman–Crippen LogP) is 4.85. The first-order valence-electron chi connectivity index (χ1n) is 8.30. The molecule has 0 radical (unpaired) electrons. The van der Waals surface area contributed by atoms with Crippen LogP contribution in [0, 0.1) is 17.5 Å². The van der Waals surface area contributed by atoms with Gasteiger partial charge in [0, 0.05) is 10.9 Å². The third-order valence-corrected chi connectivity index (χ3v) is 5.56. The van der Waals surface area contributed by atoms with Crippen molar-refractivity contribution < 1.29 is 13.2 Å². The zero-order chi connectivity index (χ0) is 19.2. The fourth-order valence-corrected chi connectivity index (χ4v) is 4.32. The Bertz CT molecular complexity index is 998. The van der Waals surface area contributed by atoms with E-state index >= 15 is 0 Å². The van der Waals surface area contributed by atoms with Crippen molar-refractivity contribution >= 4 is 22.7 Å². The van der Waals surface area contributed by atoms with Gasteiger partial charge in [0.05, 0.1) is 17.3 Å². The van der Waals surface area contributed by atoms with Crippen molar-refractivity contribution in [1.29, 1.82) is 0 Å². The predicted molar refractivity (Wildman–Crippen MR) is 101 cm³/mol. The summed E-state index contributed by atoms with van der Waals surface area (Å²) < 4.78 is 41.2. The van der Waals surface area contributed by atoms with Crippen LogP contribution < -0.4 is 10.7 Å². The summed E-state index contributed by atoms with van der Waals surface area (Å²) in [6.45, 7) is 1.75. The molecule has 2 heterocycles. The molecule has 0 bridgehead atoms. The topological polar surface area (TPSA) is 41.6 Å². The highest BCUT2D eigenvalue weighted by atomic mass is 32.1. The molecule has 2 N–H and O–H groups in total. The van der Waals surface area contributed by atoms with Gasteiger partial charge < -0.3 is 5.73 Å². The summed E-state index contributed by atoms with van der Waals surface area (Å²) in [7, 11) is 0. The molecular formula is C20H16F3N3S. The van der Waals surface area contributed by atoms with Crippen molar-refractivity contribution in [2.24, 2.45) is 10.8 Å².